The van der Waals surface area contributed by atoms with Crippen molar-refractivity contribution in [1.82, 2.24) is 4.98 Å². The fraction of sp³-hybridized carbons (Fsp3) is 0.750. The zero-order valence-corrected chi connectivity index (χ0v) is 10.7. The van der Waals surface area contributed by atoms with Crippen LogP contribution in [0.4, 0.5) is 0 Å². The highest BCUT2D eigenvalue weighted by molar-refractivity contribution is 7.09. The smallest absolute Gasteiger partial charge is 0.0797 e. The summed E-state index contributed by atoms with van der Waals surface area (Å²) in [6, 6.07) is 0. The van der Waals surface area contributed by atoms with Crippen molar-refractivity contribution in [3.63, 3.8) is 0 Å². The van der Waals surface area contributed by atoms with Crippen molar-refractivity contribution in [2.45, 2.75) is 44.6 Å². The predicted octanol–water partition coefficient (Wildman–Crippen LogP) is 2.28. The van der Waals surface area contributed by atoms with E-state index in [1.807, 2.05) is 5.51 Å². The fourth-order valence-electron chi connectivity index (χ4n) is 2.23. The summed E-state index contributed by atoms with van der Waals surface area (Å²) in [5.74, 6) is 0. The molecular weight excluding hydrogens is 220 g/mol. The quantitative estimate of drug-likeness (QED) is 0.830. The minimum Gasteiger partial charge on any atom is -0.375 e. The van der Waals surface area contributed by atoms with Crippen LogP contribution in [0.1, 0.15) is 36.3 Å². The van der Waals surface area contributed by atoms with Crippen molar-refractivity contribution in [2.24, 2.45) is 5.73 Å². The van der Waals surface area contributed by atoms with E-state index in [-0.39, 0.29) is 5.60 Å². The van der Waals surface area contributed by atoms with Crippen molar-refractivity contribution in [3.05, 3.63) is 16.1 Å². The molecule has 4 heteroatoms. The molecule has 90 valence electrons. The summed E-state index contributed by atoms with van der Waals surface area (Å²) in [6.45, 7) is 3.60. The summed E-state index contributed by atoms with van der Waals surface area (Å²) in [5.41, 5.74) is 8.80. The summed E-state index contributed by atoms with van der Waals surface area (Å²) in [7, 11) is 0. The van der Waals surface area contributed by atoms with E-state index in [2.05, 4.69) is 11.9 Å². The Morgan fingerprint density at radius 3 is 2.88 bits per heavy atom. The molecule has 1 aromatic rings. The number of hydrogen-bond acceptors (Lipinski definition) is 4. The largest absolute Gasteiger partial charge is 0.375 e. The summed E-state index contributed by atoms with van der Waals surface area (Å²) in [6.07, 6.45) is 5.66. The van der Waals surface area contributed by atoms with Gasteiger partial charge in [0.15, 0.2) is 0 Å². The molecule has 1 aliphatic carbocycles. The topological polar surface area (TPSA) is 48.1 Å². The first-order valence-electron chi connectivity index (χ1n) is 5.99. The average Bonchev–Trinajstić information content (AvgIpc) is 2.61. The van der Waals surface area contributed by atoms with Crippen LogP contribution in [0.5, 0.6) is 0 Å². The molecule has 1 saturated carbocycles. The van der Waals surface area contributed by atoms with Crippen LogP contribution in [0.25, 0.3) is 0 Å². The fourth-order valence-corrected chi connectivity index (χ4v) is 2.99. The molecule has 3 nitrogen and oxygen atoms in total. The van der Waals surface area contributed by atoms with E-state index in [9.17, 15) is 0 Å². The van der Waals surface area contributed by atoms with E-state index >= 15 is 0 Å². The molecule has 1 fully saturated rings. The van der Waals surface area contributed by atoms with Gasteiger partial charge >= 0.3 is 0 Å². The summed E-state index contributed by atoms with van der Waals surface area (Å²) in [5, 5.41) is 0. The lowest BCUT2D eigenvalue weighted by Crippen LogP contribution is -2.42. The highest BCUT2D eigenvalue weighted by atomic mass is 32.1. The lowest BCUT2D eigenvalue weighted by atomic mass is 9.77. The Balaban J connectivity index is 1.77. The summed E-state index contributed by atoms with van der Waals surface area (Å²) >= 11 is 1.72. The molecule has 0 saturated heterocycles. The molecule has 0 bridgehead atoms. The second-order valence-corrected chi connectivity index (χ2v) is 5.47. The van der Waals surface area contributed by atoms with Gasteiger partial charge in [-0.1, -0.05) is 0 Å². The van der Waals surface area contributed by atoms with Crippen LogP contribution in [0.15, 0.2) is 5.51 Å². The van der Waals surface area contributed by atoms with Gasteiger partial charge in [-0.15, -0.1) is 11.3 Å². The molecule has 0 amide bonds. The van der Waals surface area contributed by atoms with Gasteiger partial charge in [0.1, 0.15) is 0 Å². The molecule has 1 aliphatic rings. The molecule has 2 rings (SSSR count). The Morgan fingerprint density at radius 1 is 1.56 bits per heavy atom. The normalized spacial score (nSPS) is 18.4. The van der Waals surface area contributed by atoms with Gasteiger partial charge in [-0.25, -0.2) is 4.98 Å². The second-order valence-electron chi connectivity index (χ2n) is 4.53. The highest BCUT2D eigenvalue weighted by Gasteiger charge is 2.36. The van der Waals surface area contributed by atoms with Gasteiger partial charge in [-0.05, 0) is 39.2 Å². The third kappa shape index (κ3) is 2.62. The van der Waals surface area contributed by atoms with Gasteiger partial charge in [0, 0.05) is 11.3 Å². The van der Waals surface area contributed by atoms with Crippen LogP contribution in [0.3, 0.4) is 0 Å². The number of aryl methyl sites for hydroxylation is 1. The van der Waals surface area contributed by atoms with Crippen LogP contribution < -0.4 is 5.73 Å². The number of thiazole rings is 1. The van der Waals surface area contributed by atoms with Gasteiger partial charge in [0.2, 0.25) is 0 Å². The number of nitrogens with zero attached hydrogens (tertiary/aromatic N) is 1. The lowest BCUT2D eigenvalue weighted by Gasteiger charge is -2.41. The van der Waals surface area contributed by atoms with Gasteiger partial charge in [0.25, 0.3) is 0 Å². The maximum atomic E-state index is 6.03. The third-order valence-corrected chi connectivity index (χ3v) is 4.44. The number of rotatable bonds is 6. The zero-order valence-electron chi connectivity index (χ0n) is 9.87. The van der Waals surface area contributed by atoms with Crippen molar-refractivity contribution >= 4 is 11.3 Å². The van der Waals surface area contributed by atoms with Crippen LogP contribution in [0, 0.1) is 6.92 Å². The Kier molecular flexibility index (Phi) is 3.95. The Morgan fingerprint density at radius 2 is 2.38 bits per heavy atom. The highest BCUT2D eigenvalue weighted by Crippen LogP contribution is 2.38. The summed E-state index contributed by atoms with van der Waals surface area (Å²) < 4.78 is 6.03. The maximum Gasteiger partial charge on any atom is 0.0797 e. The van der Waals surface area contributed by atoms with Crippen molar-refractivity contribution in [3.8, 4) is 0 Å². The first-order valence-corrected chi connectivity index (χ1v) is 6.87. The lowest BCUT2D eigenvalue weighted by molar-refractivity contribution is -0.102. The van der Waals surface area contributed by atoms with Crippen LogP contribution in [-0.2, 0) is 11.2 Å². The van der Waals surface area contributed by atoms with E-state index in [0.29, 0.717) is 0 Å². The van der Waals surface area contributed by atoms with Crippen molar-refractivity contribution in [1.29, 1.82) is 0 Å². The molecule has 0 unspecified atom stereocenters. The number of hydrogen-bond donors (Lipinski definition) is 1. The van der Waals surface area contributed by atoms with Gasteiger partial charge in [-0.2, -0.15) is 0 Å². The average molecular weight is 240 g/mol. The molecule has 1 heterocycles. The molecular formula is C12H20N2OS. The second kappa shape index (κ2) is 5.25. The van der Waals surface area contributed by atoms with E-state index in [0.717, 1.165) is 31.7 Å². The van der Waals surface area contributed by atoms with Crippen molar-refractivity contribution in [2.75, 3.05) is 13.2 Å². The van der Waals surface area contributed by atoms with E-state index in [4.69, 9.17) is 10.5 Å². The molecule has 0 atom stereocenters. The van der Waals surface area contributed by atoms with Gasteiger partial charge in [0.05, 0.1) is 23.4 Å². The van der Waals surface area contributed by atoms with E-state index < -0.39 is 0 Å². The Bertz CT molecular complexity index is 334. The monoisotopic (exact) mass is 240 g/mol. The van der Waals surface area contributed by atoms with Crippen LogP contribution in [-0.4, -0.2) is 23.7 Å². The molecule has 0 radical (unpaired) electrons. The first-order chi connectivity index (χ1) is 7.76. The Labute approximate surface area is 101 Å². The summed E-state index contributed by atoms with van der Waals surface area (Å²) in [4.78, 5) is 5.59. The standard InChI is InChI=1S/C12H20N2OS/c1-10-11(16-9-14-10)3-8-15-12(6-7-13)4-2-5-12/h9H,2-8,13H2,1H3. The SMILES string of the molecule is Cc1ncsc1CCOC1(CCN)CCC1. The number of nitrogens with two attached hydrogens (primary N) is 1. The molecule has 0 spiro atoms. The molecule has 1 aromatic heterocycles. The van der Waals surface area contributed by atoms with Gasteiger partial charge in [-0.3, -0.25) is 0 Å². The minimum absolute atomic E-state index is 0.118. The van der Waals surface area contributed by atoms with E-state index in [1.165, 1.54) is 24.1 Å². The third-order valence-electron chi connectivity index (χ3n) is 3.45. The molecule has 0 aromatic carbocycles. The van der Waals surface area contributed by atoms with Gasteiger partial charge < -0.3 is 10.5 Å². The van der Waals surface area contributed by atoms with Crippen molar-refractivity contribution < 1.29 is 4.74 Å². The van der Waals surface area contributed by atoms with Crippen LogP contribution >= 0.6 is 11.3 Å². The maximum absolute atomic E-state index is 6.03. The van der Waals surface area contributed by atoms with Crippen LogP contribution in [0.2, 0.25) is 0 Å². The van der Waals surface area contributed by atoms with E-state index in [1.54, 1.807) is 11.3 Å². The molecule has 0 aliphatic heterocycles. The number of aromatic nitrogens is 1. The Hall–Kier alpha value is -0.450. The minimum atomic E-state index is 0.118. The first kappa shape index (κ1) is 12.0. The predicted molar refractivity (Wildman–Crippen MR) is 66.8 cm³/mol. The molecule has 2 N–H and O–H groups in total. The molecule has 16 heavy (non-hydrogen) atoms. The number of ether oxygens (including phenoxy) is 1. The zero-order chi connectivity index (χ0) is 11.4.